The number of halogens is 2. The van der Waals surface area contributed by atoms with Crippen LogP contribution in [0, 0.1) is 12.7 Å². The maximum absolute atomic E-state index is 14.2. The van der Waals surface area contributed by atoms with Gasteiger partial charge in [0.25, 0.3) is 0 Å². The molecule has 2 amide bonds. The number of nitrogens with one attached hydrogen (secondary N) is 2. The van der Waals surface area contributed by atoms with Crippen molar-refractivity contribution in [3.63, 3.8) is 0 Å². The minimum atomic E-state index is -0.683. The van der Waals surface area contributed by atoms with Crippen LogP contribution in [0.15, 0.2) is 24.4 Å². The lowest BCUT2D eigenvalue weighted by atomic mass is 10.1. The maximum atomic E-state index is 14.2. The Labute approximate surface area is 167 Å². The summed E-state index contributed by atoms with van der Waals surface area (Å²) in [5, 5.41) is 3.08. The van der Waals surface area contributed by atoms with Gasteiger partial charge in [-0.1, -0.05) is 17.7 Å². The zero-order valence-electron chi connectivity index (χ0n) is 15.8. The van der Waals surface area contributed by atoms with Gasteiger partial charge in [-0.2, -0.15) is 0 Å². The van der Waals surface area contributed by atoms with Gasteiger partial charge in [0, 0.05) is 49.2 Å². The van der Waals surface area contributed by atoms with Gasteiger partial charge in [0.15, 0.2) is 0 Å². The van der Waals surface area contributed by atoms with Crippen molar-refractivity contribution in [2.45, 2.75) is 32.5 Å². The molecule has 1 aliphatic heterocycles. The summed E-state index contributed by atoms with van der Waals surface area (Å²) in [7, 11) is 1.67. The molecule has 0 bridgehead atoms. The van der Waals surface area contributed by atoms with Crippen molar-refractivity contribution in [2.24, 2.45) is 0 Å². The number of aromatic amines is 1. The lowest BCUT2D eigenvalue weighted by molar-refractivity contribution is -0.138. The molecular formula is C19H23ClFN5O2. The van der Waals surface area contributed by atoms with E-state index < -0.39 is 11.9 Å². The highest BCUT2D eigenvalue weighted by Crippen LogP contribution is 2.23. The first-order chi connectivity index (χ1) is 13.3. The number of rotatable bonds is 6. The Kier molecular flexibility index (Phi) is 6.31. The molecule has 1 fully saturated rings. The molecule has 3 rings (SSSR count). The predicted molar refractivity (Wildman–Crippen MR) is 103 cm³/mol. The second-order valence-corrected chi connectivity index (χ2v) is 7.35. The molecule has 1 unspecified atom stereocenters. The third-order valence-electron chi connectivity index (χ3n) is 4.80. The number of carbonyl (C=O) groups is 2. The fraction of sp³-hybridized carbons (Fsp3) is 0.421. The first-order valence-corrected chi connectivity index (χ1v) is 9.42. The molecule has 1 saturated heterocycles. The van der Waals surface area contributed by atoms with Crippen LogP contribution in [0.4, 0.5) is 4.39 Å². The number of carbonyl (C=O) groups excluding carboxylic acids is 2. The van der Waals surface area contributed by atoms with Crippen molar-refractivity contribution >= 4 is 23.4 Å². The normalized spacial score (nSPS) is 17.4. The van der Waals surface area contributed by atoms with Gasteiger partial charge in [-0.15, -0.1) is 0 Å². The number of H-pyrrole nitrogens is 1. The van der Waals surface area contributed by atoms with E-state index in [-0.39, 0.29) is 24.8 Å². The fourth-order valence-electron chi connectivity index (χ4n) is 3.24. The summed E-state index contributed by atoms with van der Waals surface area (Å²) >= 11 is 6.13. The quantitative estimate of drug-likeness (QED) is 0.765. The minimum absolute atomic E-state index is 0.00586. The standard InChI is InChI=1S/C19H23ClFN5O2/c1-12-9-23-17(24-12)11-25(2)18(27)8-16-19(28)22-6-7-26(16)10-13-14(20)4-3-5-15(13)21/h3-5,9,16H,6-8,10-11H2,1-2H3,(H,22,28)(H,23,24). The van der Waals surface area contributed by atoms with Crippen LogP contribution in [-0.4, -0.2) is 57.8 Å². The topological polar surface area (TPSA) is 81.3 Å². The van der Waals surface area contributed by atoms with E-state index in [1.807, 2.05) is 6.92 Å². The zero-order chi connectivity index (χ0) is 20.3. The second-order valence-electron chi connectivity index (χ2n) is 6.94. The molecule has 2 aromatic rings. The van der Waals surface area contributed by atoms with Crippen LogP contribution in [0.1, 0.15) is 23.5 Å². The largest absolute Gasteiger partial charge is 0.353 e. The number of piperazine rings is 1. The van der Waals surface area contributed by atoms with Crippen LogP contribution in [0.3, 0.4) is 0 Å². The van der Waals surface area contributed by atoms with Crippen LogP contribution in [0.2, 0.25) is 5.02 Å². The van der Waals surface area contributed by atoms with E-state index in [0.717, 1.165) is 5.69 Å². The lowest BCUT2D eigenvalue weighted by Crippen LogP contribution is -2.56. The molecule has 150 valence electrons. The third-order valence-corrected chi connectivity index (χ3v) is 5.15. The molecule has 9 heteroatoms. The molecular weight excluding hydrogens is 385 g/mol. The fourth-order valence-corrected chi connectivity index (χ4v) is 3.46. The maximum Gasteiger partial charge on any atom is 0.237 e. The molecule has 2 heterocycles. The molecule has 28 heavy (non-hydrogen) atoms. The number of aromatic nitrogens is 2. The number of imidazole rings is 1. The first kappa shape index (κ1) is 20.3. The molecule has 1 aliphatic rings. The van der Waals surface area contributed by atoms with Crippen LogP contribution < -0.4 is 5.32 Å². The van der Waals surface area contributed by atoms with E-state index in [0.29, 0.717) is 36.0 Å². The average Bonchev–Trinajstić information content (AvgIpc) is 3.05. The second kappa shape index (κ2) is 8.70. The van der Waals surface area contributed by atoms with Crippen LogP contribution in [-0.2, 0) is 22.7 Å². The van der Waals surface area contributed by atoms with Crippen LogP contribution in [0.25, 0.3) is 0 Å². The van der Waals surface area contributed by atoms with Crippen molar-refractivity contribution in [2.75, 3.05) is 20.1 Å². The van der Waals surface area contributed by atoms with E-state index >= 15 is 0 Å². The Bertz CT molecular complexity index is 852. The molecule has 0 aliphatic carbocycles. The summed E-state index contributed by atoms with van der Waals surface area (Å²) in [4.78, 5) is 35.7. The van der Waals surface area contributed by atoms with Gasteiger partial charge in [-0.05, 0) is 19.1 Å². The molecule has 0 spiro atoms. The SMILES string of the molecule is Cc1cnc(CN(C)C(=O)CC2C(=O)NCCN2Cc2c(F)cccc2Cl)[nH]1. The molecule has 1 aromatic carbocycles. The summed E-state index contributed by atoms with van der Waals surface area (Å²) in [6.07, 6.45) is 1.69. The highest BCUT2D eigenvalue weighted by molar-refractivity contribution is 6.31. The van der Waals surface area contributed by atoms with Gasteiger partial charge in [0.1, 0.15) is 11.6 Å². The summed E-state index contributed by atoms with van der Waals surface area (Å²) in [5.74, 6) is -0.180. The van der Waals surface area contributed by atoms with E-state index in [4.69, 9.17) is 11.6 Å². The number of aryl methyl sites for hydroxylation is 1. The summed E-state index contributed by atoms with van der Waals surface area (Å²) < 4.78 is 14.2. The van der Waals surface area contributed by atoms with Crippen molar-refractivity contribution in [3.8, 4) is 0 Å². The number of hydrogen-bond acceptors (Lipinski definition) is 4. The lowest BCUT2D eigenvalue weighted by Gasteiger charge is -2.35. The van der Waals surface area contributed by atoms with Crippen molar-refractivity contribution in [1.29, 1.82) is 0 Å². The van der Waals surface area contributed by atoms with Crippen LogP contribution >= 0.6 is 11.6 Å². The predicted octanol–water partition coefficient (Wildman–Crippen LogP) is 1.86. The van der Waals surface area contributed by atoms with E-state index in [1.165, 1.54) is 17.0 Å². The van der Waals surface area contributed by atoms with Crippen molar-refractivity contribution in [3.05, 3.63) is 52.3 Å². The van der Waals surface area contributed by atoms with Crippen LogP contribution in [0.5, 0.6) is 0 Å². The number of benzene rings is 1. The van der Waals surface area contributed by atoms with Gasteiger partial charge in [-0.3, -0.25) is 14.5 Å². The Balaban J connectivity index is 1.70. The van der Waals surface area contributed by atoms with Crippen molar-refractivity contribution in [1.82, 2.24) is 25.1 Å². The zero-order valence-corrected chi connectivity index (χ0v) is 16.6. The molecule has 7 nitrogen and oxygen atoms in total. The Morgan fingerprint density at radius 3 is 2.93 bits per heavy atom. The van der Waals surface area contributed by atoms with E-state index in [2.05, 4.69) is 15.3 Å². The highest BCUT2D eigenvalue weighted by Gasteiger charge is 2.33. The van der Waals surface area contributed by atoms with Gasteiger partial charge in [0.2, 0.25) is 11.8 Å². The third kappa shape index (κ3) is 4.69. The highest BCUT2D eigenvalue weighted by atomic mass is 35.5. The monoisotopic (exact) mass is 407 g/mol. The molecule has 0 radical (unpaired) electrons. The van der Waals surface area contributed by atoms with Crippen molar-refractivity contribution < 1.29 is 14.0 Å². The van der Waals surface area contributed by atoms with E-state index in [9.17, 15) is 14.0 Å². The number of amides is 2. The Hall–Kier alpha value is -2.45. The Morgan fingerprint density at radius 1 is 1.46 bits per heavy atom. The molecule has 1 atom stereocenters. The summed E-state index contributed by atoms with van der Waals surface area (Å²) in [6.45, 7) is 3.32. The number of nitrogens with zero attached hydrogens (tertiary/aromatic N) is 3. The minimum Gasteiger partial charge on any atom is -0.353 e. The Morgan fingerprint density at radius 2 is 2.25 bits per heavy atom. The molecule has 1 aromatic heterocycles. The summed E-state index contributed by atoms with van der Waals surface area (Å²) in [6, 6.07) is 3.81. The number of hydrogen-bond donors (Lipinski definition) is 2. The van der Waals surface area contributed by atoms with E-state index in [1.54, 1.807) is 24.2 Å². The van der Waals surface area contributed by atoms with Gasteiger partial charge in [-0.25, -0.2) is 9.37 Å². The molecule has 0 saturated carbocycles. The van der Waals surface area contributed by atoms with Gasteiger partial charge >= 0.3 is 0 Å². The van der Waals surface area contributed by atoms with Gasteiger partial charge < -0.3 is 15.2 Å². The summed E-state index contributed by atoms with van der Waals surface area (Å²) in [5.41, 5.74) is 1.24. The average molecular weight is 408 g/mol. The smallest absolute Gasteiger partial charge is 0.237 e. The van der Waals surface area contributed by atoms with Gasteiger partial charge in [0.05, 0.1) is 19.0 Å². The molecule has 2 N–H and O–H groups in total. The first-order valence-electron chi connectivity index (χ1n) is 9.04.